The number of aromatic nitrogens is 3. The summed E-state index contributed by atoms with van der Waals surface area (Å²) >= 11 is 4.51. The number of nitrogens with one attached hydrogen (secondary N) is 1. The van der Waals surface area contributed by atoms with Gasteiger partial charge in [0.05, 0.1) is 15.0 Å². The molecule has 0 saturated heterocycles. The van der Waals surface area contributed by atoms with Gasteiger partial charge in [0.1, 0.15) is 0 Å². The second kappa shape index (κ2) is 9.44. The Morgan fingerprint density at radius 2 is 2.07 bits per heavy atom. The van der Waals surface area contributed by atoms with Gasteiger partial charge in [-0.25, -0.2) is 9.50 Å². The molecule has 0 radical (unpaired) electrons. The molecule has 0 aromatic carbocycles. The van der Waals surface area contributed by atoms with E-state index in [0.717, 1.165) is 32.1 Å². The molecule has 0 aliphatic carbocycles. The number of nitrogens with zero attached hydrogens (tertiary/aromatic N) is 4. The number of rotatable bonds is 8. The highest BCUT2D eigenvalue weighted by Gasteiger charge is 2.36. The summed E-state index contributed by atoms with van der Waals surface area (Å²) in [6, 6.07) is 4.38. The van der Waals surface area contributed by atoms with Gasteiger partial charge in [-0.1, -0.05) is 19.9 Å². The summed E-state index contributed by atoms with van der Waals surface area (Å²) in [5.74, 6) is -0.544. The summed E-state index contributed by atoms with van der Waals surface area (Å²) in [7, 11) is 0. The van der Waals surface area contributed by atoms with Crippen LogP contribution in [0.5, 0.6) is 0 Å². The molecule has 0 atom stereocenters. The van der Waals surface area contributed by atoms with Crippen molar-refractivity contribution >= 4 is 38.8 Å². The Labute approximate surface area is 184 Å². The Morgan fingerprint density at radius 3 is 2.67 bits per heavy atom. The maximum absolute atomic E-state index is 13.7. The van der Waals surface area contributed by atoms with E-state index < -0.39 is 17.8 Å². The number of hydrogen-bond acceptors (Lipinski definition) is 5. The molecule has 162 valence electrons. The van der Waals surface area contributed by atoms with Crippen LogP contribution in [0.2, 0.25) is 0 Å². The Kier molecular flexibility index (Phi) is 7.14. The third kappa shape index (κ3) is 4.84. The molecule has 3 aromatic heterocycles. The molecule has 0 fully saturated rings. The summed E-state index contributed by atoms with van der Waals surface area (Å²) in [6.45, 7) is 7.18. The topological polar surface area (TPSA) is 62.5 Å². The summed E-state index contributed by atoms with van der Waals surface area (Å²) < 4.78 is 41.8. The van der Waals surface area contributed by atoms with Crippen LogP contribution < -0.4 is 5.32 Å². The van der Waals surface area contributed by atoms with Crippen LogP contribution in [0.4, 0.5) is 13.2 Å². The highest BCUT2D eigenvalue weighted by atomic mass is 79.9. The zero-order chi connectivity index (χ0) is 21.9. The lowest BCUT2D eigenvalue weighted by Gasteiger charge is -2.17. The van der Waals surface area contributed by atoms with Crippen molar-refractivity contribution in [1.82, 2.24) is 24.8 Å². The molecule has 1 N–H and O–H groups in total. The Balaban J connectivity index is 1.90. The van der Waals surface area contributed by atoms with Crippen molar-refractivity contribution in [2.24, 2.45) is 0 Å². The van der Waals surface area contributed by atoms with Gasteiger partial charge in [0, 0.05) is 6.54 Å². The van der Waals surface area contributed by atoms with Crippen molar-refractivity contribution in [3.63, 3.8) is 0 Å². The lowest BCUT2D eigenvalue weighted by Crippen LogP contribution is -2.30. The summed E-state index contributed by atoms with van der Waals surface area (Å²) in [4.78, 5) is 19.7. The average molecular weight is 504 g/mol. The number of carbonyl (C=O) groups excluding carboxylic acids is 1. The molecule has 0 unspecified atom stereocenters. The molecule has 0 spiro atoms. The fourth-order valence-corrected chi connectivity index (χ4v) is 4.22. The first-order chi connectivity index (χ1) is 14.3. The van der Waals surface area contributed by atoms with E-state index in [-0.39, 0.29) is 21.5 Å². The maximum Gasteiger partial charge on any atom is 0.433 e. The van der Waals surface area contributed by atoms with Crippen LogP contribution in [0.15, 0.2) is 28.1 Å². The normalized spacial score (nSPS) is 12.1. The minimum absolute atomic E-state index is 0.0542. The molecular formula is C19H21BrF3N5OS. The molecule has 6 nitrogen and oxygen atoms in total. The van der Waals surface area contributed by atoms with Crippen LogP contribution in [-0.4, -0.2) is 51.6 Å². The van der Waals surface area contributed by atoms with Crippen LogP contribution >= 0.6 is 27.3 Å². The number of hydrogen-bond donors (Lipinski definition) is 1. The second-order valence-electron chi connectivity index (χ2n) is 6.54. The van der Waals surface area contributed by atoms with Crippen molar-refractivity contribution in [2.45, 2.75) is 26.4 Å². The predicted molar refractivity (Wildman–Crippen MR) is 114 cm³/mol. The smallest absolute Gasteiger partial charge is 0.351 e. The fraction of sp³-hybridized carbons (Fsp3) is 0.421. The Morgan fingerprint density at radius 1 is 1.33 bits per heavy atom. The van der Waals surface area contributed by atoms with E-state index in [1.807, 2.05) is 0 Å². The Hall–Kier alpha value is -1.98. The van der Waals surface area contributed by atoms with E-state index in [2.05, 4.69) is 50.1 Å². The van der Waals surface area contributed by atoms with Gasteiger partial charge >= 0.3 is 6.18 Å². The zero-order valence-electron chi connectivity index (χ0n) is 16.5. The van der Waals surface area contributed by atoms with E-state index >= 15 is 0 Å². The third-order valence-corrected chi connectivity index (χ3v) is 6.27. The minimum atomic E-state index is -4.66. The fourth-order valence-electron chi connectivity index (χ4n) is 3.02. The predicted octanol–water partition coefficient (Wildman–Crippen LogP) is 4.70. The van der Waals surface area contributed by atoms with Crippen LogP contribution in [0.25, 0.3) is 16.2 Å². The first kappa shape index (κ1) is 22.7. The molecule has 11 heteroatoms. The van der Waals surface area contributed by atoms with E-state index in [0.29, 0.717) is 15.9 Å². The minimum Gasteiger partial charge on any atom is -0.351 e. The monoisotopic (exact) mass is 503 g/mol. The largest absolute Gasteiger partial charge is 0.433 e. The van der Waals surface area contributed by atoms with E-state index in [9.17, 15) is 18.0 Å². The number of halogens is 4. The lowest BCUT2D eigenvalue weighted by atomic mass is 10.2. The quantitative estimate of drug-likeness (QED) is 0.452. The maximum atomic E-state index is 13.7. The lowest BCUT2D eigenvalue weighted by molar-refractivity contribution is -0.142. The molecule has 0 aliphatic rings. The molecule has 3 rings (SSSR count). The number of alkyl halides is 3. The molecule has 3 aromatic rings. The highest BCUT2D eigenvalue weighted by Crippen LogP contribution is 2.35. The van der Waals surface area contributed by atoms with Crippen LogP contribution in [0.1, 0.15) is 36.5 Å². The van der Waals surface area contributed by atoms with E-state index in [1.165, 1.54) is 11.3 Å². The number of carbonyl (C=O) groups is 1. The first-order valence-electron chi connectivity index (χ1n) is 9.47. The summed E-state index contributed by atoms with van der Waals surface area (Å²) in [5.41, 5.74) is -0.991. The van der Waals surface area contributed by atoms with Crippen molar-refractivity contribution < 1.29 is 18.0 Å². The molecule has 1 amide bonds. The van der Waals surface area contributed by atoms with Gasteiger partial charge in [-0.2, -0.15) is 18.3 Å². The molecule has 0 bridgehead atoms. The van der Waals surface area contributed by atoms with Gasteiger partial charge in [0.15, 0.2) is 17.0 Å². The van der Waals surface area contributed by atoms with Gasteiger partial charge in [0.25, 0.3) is 5.91 Å². The average Bonchev–Trinajstić information content (AvgIpc) is 3.35. The molecule has 0 saturated carbocycles. The van der Waals surface area contributed by atoms with Crippen LogP contribution in [0.3, 0.4) is 0 Å². The molecule has 30 heavy (non-hydrogen) atoms. The van der Waals surface area contributed by atoms with Crippen LogP contribution in [-0.2, 0) is 6.18 Å². The van der Waals surface area contributed by atoms with Gasteiger partial charge in [-0.3, -0.25) is 4.79 Å². The molecular weight excluding hydrogens is 483 g/mol. The van der Waals surface area contributed by atoms with Crippen molar-refractivity contribution in [2.75, 3.05) is 26.2 Å². The standard InChI is InChI=1S/C19H21BrF3N5OS/c1-3-27(4-2)9-6-8-24-18(29)16-15(20)17-25-12(13-7-5-10-30-13)11-14(19(21,22)23)28(17)26-16/h5,7,10-11H,3-4,6,8-9H2,1-2H3,(H,24,29). The number of thiophene rings is 1. The van der Waals surface area contributed by atoms with Gasteiger partial charge in [0.2, 0.25) is 0 Å². The molecule has 0 aliphatic heterocycles. The van der Waals surface area contributed by atoms with Gasteiger partial charge < -0.3 is 10.2 Å². The van der Waals surface area contributed by atoms with Gasteiger partial charge in [-0.05, 0) is 59.5 Å². The van der Waals surface area contributed by atoms with Crippen molar-refractivity contribution in [1.29, 1.82) is 0 Å². The summed E-state index contributed by atoms with van der Waals surface area (Å²) in [6.07, 6.45) is -3.93. The first-order valence-corrected chi connectivity index (χ1v) is 11.1. The third-order valence-electron chi connectivity index (χ3n) is 4.64. The van der Waals surface area contributed by atoms with Crippen LogP contribution in [0, 0.1) is 0 Å². The second-order valence-corrected chi connectivity index (χ2v) is 8.28. The van der Waals surface area contributed by atoms with Crippen molar-refractivity contribution in [3.05, 3.63) is 39.4 Å². The van der Waals surface area contributed by atoms with E-state index in [4.69, 9.17) is 0 Å². The van der Waals surface area contributed by atoms with E-state index in [1.54, 1.807) is 17.5 Å². The Bertz CT molecular complexity index is 1020. The number of amides is 1. The summed E-state index contributed by atoms with van der Waals surface area (Å²) in [5, 5.41) is 8.40. The van der Waals surface area contributed by atoms with Crippen molar-refractivity contribution in [3.8, 4) is 10.6 Å². The SMILES string of the molecule is CCN(CC)CCCNC(=O)c1nn2c(C(F)(F)F)cc(-c3cccs3)nc2c1Br. The zero-order valence-corrected chi connectivity index (χ0v) is 18.9. The number of fused-ring (bicyclic) bond motifs is 1. The van der Waals surface area contributed by atoms with Gasteiger partial charge in [-0.15, -0.1) is 11.3 Å². The highest BCUT2D eigenvalue weighted by molar-refractivity contribution is 9.10. The molecule has 3 heterocycles.